The third-order valence-electron chi connectivity index (χ3n) is 8.71. The average Bonchev–Trinajstić information content (AvgIpc) is 3.51. The molecule has 0 spiro atoms. The molecule has 0 radical (unpaired) electrons. The van der Waals surface area contributed by atoms with E-state index in [2.05, 4.69) is 20.3 Å². The molecule has 2 aromatic heterocycles. The Morgan fingerprint density at radius 2 is 1.84 bits per heavy atom. The summed E-state index contributed by atoms with van der Waals surface area (Å²) < 4.78 is 100. The van der Waals surface area contributed by atoms with Crippen molar-refractivity contribution in [3.63, 3.8) is 0 Å². The first-order chi connectivity index (χ1) is 20.9. The zero-order valence-electron chi connectivity index (χ0n) is 24.3. The zero-order chi connectivity index (χ0) is 31.4. The fraction of sp³-hybridized carbons (Fsp3) is 0.552. The number of piperazine rings is 1. The molecule has 3 fully saturated rings. The summed E-state index contributed by atoms with van der Waals surface area (Å²) in [4.78, 5) is 17.1. The molecule has 3 aromatic rings. The maximum Gasteiger partial charge on any atom is 0.417 e. The third-order valence-corrected chi connectivity index (χ3v) is 8.71. The van der Waals surface area contributed by atoms with Crippen LogP contribution in [0.15, 0.2) is 6.07 Å². The second-order valence-electron chi connectivity index (χ2n) is 11.5. The smallest absolute Gasteiger partial charge is 0.417 e. The zero-order valence-corrected chi connectivity index (χ0v) is 24.3. The van der Waals surface area contributed by atoms with Crippen LogP contribution in [0.2, 0.25) is 0 Å². The van der Waals surface area contributed by atoms with Crippen molar-refractivity contribution in [2.75, 3.05) is 63.1 Å². The van der Waals surface area contributed by atoms with Gasteiger partial charge in [0, 0.05) is 44.7 Å². The summed E-state index contributed by atoms with van der Waals surface area (Å²) in [6, 6.07) is 0.508. The Hall–Kier alpha value is -3.59. The molecule has 3 aliphatic rings. The first kappa shape index (κ1) is 30.4. The molecule has 2 atom stereocenters. The summed E-state index contributed by atoms with van der Waals surface area (Å²) in [5, 5.41) is 3.29. The predicted molar refractivity (Wildman–Crippen MR) is 152 cm³/mol. The number of anilines is 2. The molecular formula is C29H33F6N7O2. The molecule has 15 heteroatoms. The summed E-state index contributed by atoms with van der Waals surface area (Å²) in [7, 11) is 0. The summed E-state index contributed by atoms with van der Waals surface area (Å²) in [6.45, 7) is 5.86. The molecule has 6 rings (SSSR count). The summed E-state index contributed by atoms with van der Waals surface area (Å²) in [5.41, 5.74) is 0.496. The van der Waals surface area contributed by atoms with Gasteiger partial charge in [0.2, 0.25) is 5.88 Å². The molecule has 2 unspecified atom stereocenters. The summed E-state index contributed by atoms with van der Waals surface area (Å²) in [6.07, 6.45) is -4.18. The number of nitrogens with two attached hydrogens (primary N) is 1. The van der Waals surface area contributed by atoms with Gasteiger partial charge < -0.3 is 25.4 Å². The van der Waals surface area contributed by atoms with Gasteiger partial charge in [0.1, 0.15) is 41.0 Å². The van der Waals surface area contributed by atoms with Crippen LogP contribution in [0.3, 0.4) is 0 Å². The second-order valence-corrected chi connectivity index (χ2v) is 11.5. The van der Waals surface area contributed by atoms with Crippen LogP contribution in [0.5, 0.6) is 11.9 Å². The highest BCUT2D eigenvalue weighted by molar-refractivity contribution is 5.97. The quantitative estimate of drug-likeness (QED) is 0.287. The first-order valence-corrected chi connectivity index (χ1v) is 14.6. The van der Waals surface area contributed by atoms with Crippen molar-refractivity contribution >= 4 is 22.4 Å². The van der Waals surface area contributed by atoms with Gasteiger partial charge in [0.05, 0.1) is 23.4 Å². The van der Waals surface area contributed by atoms with E-state index < -0.39 is 57.6 Å². The fourth-order valence-electron chi connectivity index (χ4n) is 6.71. The van der Waals surface area contributed by atoms with E-state index in [1.54, 1.807) is 6.92 Å². The Kier molecular flexibility index (Phi) is 7.89. The Morgan fingerprint density at radius 3 is 2.55 bits per heavy atom. The van der Waals surface area contributed by atoms with Gasteiger partial charge in [0.25, 0.3) is 0 Å². The Morgan fingerprint density at radius 1 is 1.09 bits per heavy atom. The van der Waals surface area contributed by atoms with Gasteiger partial charge in [-0.2, -0.15) is 23.1 Å². The lowest BCUT2D eigenvalue weighted by Crippen LogP contribution is -2.44. The number of pyridine rings is 1. The number of hydrogen-bond acceptors (Lipinski definition) is 9. The van der Waals surface area contributed by atoms with E-state index in [0.717, 1.165) is 26.0 Å². The maximum absolute atomic E-state index is 16.6. The van der Waals surface area contributed by atoms with E-state index >= 15 is 4.39 Å². The highest BCUT2D eigenvalue weighted by Crippen LogP contribution is 2.45. The van der Waals surface area contributed by atoms with E-state index in [9.17, 15) is 22.0 Å². The molecule has 9 nitrogen and oxygen atoms in total. The Labute approximate surface area is 249 Å². The van der Waals surface area contributed by atoms with Gasteiger partial charge in [-0.15, -0.1) is 0 Å². The van der Waals surface area contributed by atoms with Crippen molar-refractivity contribution in [3.8, 4) is 23.1 Å². The fourth-order valence-corrected chi connectivity index (χ4v) is 6.71. The second kappa shape index (κ2) is 11.4. The number of nitrogen functional groups attached to an aromatic ring is 1. The predicted octanol–water partition coefficient (Wildman–Crippen LogP) is 4.64. The normalized spacial score (nSPS) is 22.5. The SMILES string of the molecule is CCOc1nc(-c2cc(N)c(F)c(C)c2C(F)(F)F)c(F)c2nc(OCC34CCCN3CC(F)C4)nc(N3CCNCC3)c12. The van der Waals surface area contributed by atoms with Crippen LogP contribution in [-0.4, -0.2) is 84.0 Å². The van der Waals surface area contributed by atoms with Crippen molar-refractivity contribution in [2.45, 2.75) is 51.0 Å². The number of ether oxygens (including phenoxy) is 2. The number of rotatable bonds is 7. The van der Waals surface area contributed by atoms with Gasteiger partial charge >= 0.3 is 12.2 Å². The number of aromatic nitrogens is 3. The van der Waals surface area contributed by atoms with E-state index in [4.69, 9.17) is 15.2 Å². The molecule has 44 heavy (non-hydrogen) atoms. The van der Waals surface area contributed by atoms with E-state index in [1.807, 2.05) is 9.80 Å². The molecule has 0 aliphatic carbocycles. The van der Waals surface area contributed by atoms with E-state index in [1.165, 1.54) is 0 Å². The summed E-state index contributed by atoms with van der Waals surface area (Å²) >= 11 is 0. The third kappa shape index (κ3) is 5.23. The minimum absolute atomic E-state index is 0.0475. The van der Waals surface area contributed by atoms with Gasteiger partial charge in [0.15, 0.2) is 5.82 Å². The van der Waals surface area contributed by atoms with Gasteiger partial charge in [-0.3, -0.25) is 4.90 Å². The van der Waals surface area contributed by atoms with Crippen LogP contribution >= 0.6 is 0 Å². The number of nitrogens with one attached hydrogen (secondary N) is 1. The lowest BCUT2D eigenvalue weighted by atomic mass is 9.95. The standard InChI is InChI=1S/C29H33F6N7O2/c1-3-43-26-19-24(22(32)23(38-26)17-11-18(36)21(31)15(2)20(17)29(33,34)35)39-27(40-25(19)41-9-6-37-7-10-41)44-14-28-5-4-8-42(28)13-16(30)12-28/h11,16,37H,3-10,12-14,36H2,1-2H3. The molecule has 3 aliphatic heterocycles. The average molecular weight is 626 g/mol. The lowest BCUT2D eigenvalue weighted by Gasteiger charge is -2.32. The molecule has 3 N–H and O–H groups in total. The van der Waals surface area contributed by atoms with Crippen LogP contribution in [-0.2, 0) is 6.18 Å². The minimum atomic E-state index is -5.06. The van der Waals surface area contributed by atoms with Crippen molar-refractivity contribution in [2.24, 2.45) is 0 Å². The molecule has 0 saturated carbocycles. The van der Waals surface area contributed by atoms with Crippen molar-refractivity contribution in [1.82, 2.24) is 25.2 Å². The highest BCUT2D eigenvalue weighted by Gasteiger charge is 2.49. The monoisotopic (exact) mass is 625 g/mol. The maximum atomic E-state index is 16.6. The Bertz CT molecular complexity index is 1580. The number of hydrogen-bond donors (Lipinski definition) is 2. The first-order valence-electron chi connectivity index (χ1n) is 14.6. The van der Waals surface area contributed by atoms with Crippen LogP contribution in [0.25, 0.3) is 22.2 Å². The molecule has 0 bridgehead atoms. The number of nitrogens with zero attached hydrogens (tertiary/aromatic N) is 5. The van der Waals surface area contributed by atoms with Crippen molar-refractivity contribution in [3.05, 3.63) is 28.8 Å². The molecule has 0 amide bonds. The van der Waals surface area contributed by atoms with Crippen LogP contribution in [0, 0.1) is 18.6 Å². The van der Waals surface area contributed by atoms with Gasteiger partial charge in [-0.05, 0) is 44.9 Å². The molecule has 1 aromatic carbocycles. The molecule has 238 valence electrons. The number of benzene rings is 1. The van der Waals surface area contributed by atoms with Crippen LogP contribution < -0.4 is 25.4 Å². The minimum Gasteiger partial charge on any atom is -0.477 e. The van der Waals surface area contributed by atoms with Crippen molar-refractivity contribution in [1.29, 1.82) is 0 Å². The number of fused-ring (bicyclic) bond motifs is 2. The largest absolute Gasteiger partial charge is 0.477 e. The van der Waals surface area contributed by atoms with Crippen LogP contribution in [0.1, 0.15) is 37.3 Å². The molecule has 3 saturated heterocycles. The number of halogens is 6. The molecular weight excluding hydrogens is 592 g/mol. The topological polar surface area (TPSA) is 102 Å². The van der Waals surface area contributed by atoms with E-state index in [-0.39, 0.29) is 48.2 Å². The highest BCUT2D eigenvalue weighted by atomic mass is 19.4. The lowest BCUT2D eigenvalue weighted by molar-refractivity contribution is -0.137. The number of alkyl halides is 4. The summed E-state index contributed by atoms with van der Waals surface area (Å²) in [5.74, 6) is -2.40. The van der Waals surface area contributed by atoms with E-state index in [0.29, 0.717) is 39.1 Å². The van der Waals surface area contributed by atoms with Crippen molar-refractivity contribution < 1.29 is 35.8 Å². The van der Waals surface area contributed by atoms with Crippen LogP contribution in [0.4, 0.5) is 37.8 Å². The Balaban J connectivity index is 1.56. The molecule has 5 heterocycles. The van der Waals surface area contributed by atoms with Gasteiger partial charge in [-0.25, -0.2) is 18.2 Å². The van der Waals surface area contributed by atoms with Gasteiger partial charge in [-0.1, -0.05) is 0 Å².